The van der Waals surface area contributed by atoms with Crippen LogP contribution in [-0.2, 0) is 9.78 Å². The summed E-state index contributed by atoms with van der Waals surface area (Å²) in [5.74, 6) is -1.15. The average Bonchev–Trinajstić information content (AvgIpc) is 2.63. The molecule has 0 saturated heterocycles. The molecule has 0 spiro atoms. The summed E-state index contributed by atoms with van der Waals surface area (Å²) in [6.07, 6.45) is 20.9. The molecule has 4 nitrogen and oxygen atoms in total. The van der Waals surface area contributed by atoms with Crippen LogP contribution in [0, 0.1) is 5.92 Å². The maximum Gasteiger partial charge on any atom is 0.236 e. The van der Waals surface area contributed by atoms with Crippen LogP contribution in [0.25, 0.3) is 0 Å². The van der Waals surface area contributed by atoms with Gasteiger partial charge in [-0.25, -0.2) is 20.3 Å². The van der Waals surface area contributed by atoms with Crippen molar-refractivity contribution in [2.24, 2.45) is 5.92 Å². The molecule has 1 aliphatic carbocycles. The summed E-state index contributed by atoms with van der Waals surface area (Å²) in [5.41, 5.74) is 0. The zero-order valence-corrected chi connectivity index (χ0v) is 16.5. The van der Waals surface area contributed by atoms with Crippen molar-refractivity contribution in [1.82, 2.24) is 0 Å². The highest BCUT2D eigenvalue weighted by molar-refractivity contribution is 4.79. The monoisotopic (exact) mass is 358 g/mol. The van der Waals surface area contributed by atoms with Crippen LogP contribution in [0.5, 0.6) is 0 Å². The van der Waals surface area contributed by atoms with E-state index in [1.807, 2.05) is 0 Å². The Morgan fingerprint density at radius 3 is 1.84 bits per heavy atom. The summed E-state index contributed by atoms with van der Waals surface area (Å²) >= 11 is 0. The van der Waals surface area contributed by atoms with E-state index >= 15 is 0 Å². The fourth-order valence-corrected chi connectivity index (χ4v) is 4.22. The standard InChI is InChI=1S/C21H42O4/c1-2-3-4-5-8-11-14-17-20-18-15-12-9-6-7-10-13-16-19-21(20,24-22)25-23/h20,22-23H,2-19H2,1H3. The Hall–Kier alpha value is -0.160. The van der Waals surface area contributed by atoms with Crippen LogP contribution in [0.4, 0.5) is 0 Å². The molecule has 1 saturated carbocycles. The van der Waals surface area contributed by atoms with Crippen molar-refractivity contribution in [2.75, 3.05) is 0 Å². The van der Waals surface area contributed by atoms with Gasteiger partial charge in [-0.05, 0) is 19.3 Å². The normalized spacial score (nSPS) is 22.9. The van der Waals surface area contributed by atoms with Gasteiger partial charge in [0.1, 0.15) is 0 Å². The molecule has 0 aromatic carbocycles. The van der Waals surface area contributed by atoms with Crippen LogP contribution in [-0.4, -0.2) is 16.3 Å². The van der Waals surface area contributed by atoms with Gasteiger partial charge in [0.25, 0.3) is 0 Å². The Morgan fingerprint density at radius 2 is 1.24 bits per heavy atom. The third kappa shape index (κ3) is 9.37. The smallest absolute Gasteiger partial charge is 0.236 e. The lowest BCUT2D eigenvalue weighted by molar-refractivity contribution is -0.503. The molecule has 150 valence electrons. The zero-order chi connectivity index (χ0) is 18.2. The average molecular weight is 359 g/mol. The fraction of sp³-hybridized carbons (Fsp3) is 1.00. The van der Waals surface area contributed by atoms with Gasteiger partial charge >= 0.3 is 0 Å². The molecule has 1 rings (SSSR count). The predicted molar refractivity (Wildman–Crippen MR) is 102 cm³/mol. The summed E-state index contributed by atoms with van der Waals surface area (Å²) in [6.45, 7) is 2.24. The highest BCUT2D eigenvalue weighted by atomic mass is 17.2. The van der Waals surface area contributed by atoms with Crippen molar-refractivity contribution in [2.45, 2.75) is 128 Å². The van der Waals surface area contributed by atoms with E-state index in [1.54, 1.807) is 0 Å². The topological polar surface area (TPSA) is 58.9 Å². The van der Waals surface area contributed by atoms with Gasteiger partial charge in [-0.1, -0.05) is 96.8 Å². The maximum atomic E-state index is 9.53. The highest BCUT2D eigenvalue weighted by Crippen LogP contribution is 2.36. The minimum Gasteiger partial charge on any atom is -0.249 e. The first-order chi connectivity index (χ1) is 12.3. The Morgan fingerprint density at radius 1 is 0.720 bits per heavy atom. The van der Waals surface area contributed by atoms with Crippen LogP contribution in [0.3, 0.4) is 0 Å². The van der Waals surface area contributed by atoms with Gasteiger partial charge in [0.15, 0.2) is 0 Å². The first kappa shape index (κ1) is 22.9. The molecule has 1 fully saturated rings. The van der Waals surface area contributed by atoms with Gasteiger partial charge in [0, 0.05) is 12.3 Å². The van der Waals surface area contributed by atoms with Crippen LogP contribution in [0.15, 0.2) is 0 Å². The van der Waals surface area contributed by atoms with Gasteiger partial charge < -0.3 is 0 Å². The number of unbranched alkanes of at least 4 members (excludes halogenated alkanes) is 6. The van der Waals surface area contributed by atoms with Gasteiger partial charge in [0.05, 0.1) is 0 Å². The van der Waals surface area contributed by atoms with E-state index in [-0.39, 0.29) is 5.92 Å². The summed E-state index contributed by atoms with van der Waals surface area (Å²) in [4.78, 5) is 9.56. The van der Waals surface area contributed by atoms with Crippen molar-refractivity contribution >= 4 is 0 Å². The lowest BCUT2D eigenvalue weighted by Crippen LogP contribution is -2.42. The molecule has 0 aromatic heterocycles. The maximum absolute atomic E-state index is 9.53. The third-order valence-corrected chi connectivity index (χ3v) is 5.92. The fourth-order valence-electron chi connectivity index (χ4n) is 4.22. The Kier molecular flexibility index (Phi) is 13.7. The summed E-state index contributed by atoms with van der Waals surface area (Å²) in [6, 6.07) is 0. The summed E-state index contributed by atoms with van der Waals surface area (Å²) in [7, 11) is 0. The minimum atomic E-state index is -1.22. The second-order valence-corrected chi connectivity index (χ2v) is 7.97. The van der Waals surface area contributed by atoms with Gasteiger partial charge in [-0.3, -0.25) is 0 Å². The molecule has 0 radical (unpaired) electrons. The molecule has 25 heavy (non-hydrogen) atoms. The lowest BCUT2D eigenvalue weighted by atomic mass is 9.84. The molecule has 0 amide bonds. The molecule has 1 unspecified atom stereocenters. The van der Waals surface area contributed by atoms with E-state index in [0.29, 0.717) is 6.42 Å². The Labute approximate surface area is 155 Å². The zero-order valence-electron chi connectivity index (χ0n) is 16.5. The largest absolute Gasteiger partial charge is 0.249 e. The van der Waals surface area contributed by atoms with Crippen LogP contribution >= 0.6 is 0 Å². The Balaban J connectivity index is 2.49. The van der Waals surface area contributed by atoms with Gasteiger partial charge in [-0.15, -0.1) is 0 Å². The van der Waals surface area contributed by atoms with E-state index in [4.69, 9.17) is 9.78 Å². The first-order valence-electron chi connectivity index (χ1n) is 10.9. The van der Waals surface area contributed by atoms with Crippen molar-refractivity contribution in [3.05, 3.63) is 0 Å². The van der Waals surface area contributed by atoms with Crippen molar-refractivity contribution in [3.63, 3.8) is 0 Å². The quantitative estimate of drug-likeness (QED) is 0.186. The van der Waals surface area contributed by atoms with Crippen molar-refractivity contribution in [1.29, 1.82) is 0 Å². The molecule has 0 aromatic rings. The second kappa shape index (κ2) is 15.0. The van der Waals surface area contributed by atoms with E-state index in [9.17, 15) is 10.5 Å². The van der Waals surface area contributed by atoms with E-state index in [1.165, 1.54) is 70.6 Å². The molecular formula is C21H42O4. The van der Waals surface area contributed by atoms with Gasteiger partial charge in [0.2, 0.25) is 5.79 Å². The number of hydrogen-bond donors (Lipinski definition) is 2. The van der Waals surface area contributed by atoms with Gasteiger partial charge in [-0.2, -0.15) is 0 Å². The number of rotatable bonds is 10. The minimum absolute atomic E-state index is 0.0672. The molecule has 1 atom stereocenters. The van der Waals surface area contributed by atoms with E-state index in [0.717, 1.165) is 38.5 Å². The molecular weight excluding hydrogens is 316 g/mol. The molecule has 1 aliphatic rings. The molecule has 2 N–H and O–H groups in total. The SMILES string of the molecule is CCCCCCCCCC1CCCCCCCCCCC1(OO)OO. The molecule has 0 bridgehead atoms. The van der Waals surface area contributed by atoms with Crippen LogP contribution in [0.1, 0.15) is 122 Å². The van der Waals surface area contributed by atoms with Crippen LogP contribution < -0.4 is 0 Å². The number of hydrogen-bond acceptors (Lipinski definition) is 4. The predicted octanol–water partition coefficient (Wildman–Crippen LogP) is 7.33. The highest BCUT2D eigenvalue weighted by Gasteiger charge is 2.41. The third-order valence-electron chi connectivity index (χ3n) is 5.92. The molecule has 0 aliphatic heterocycles. The summed E-state index contributed by atoms with van der Waals surface area (Å²) in [5, 5.41) is 19.1. The van der Waals surface area contributed by atoms with Crippen molar-refractivity contribution < 1.29 is 20.3 Å². The first-order valence-corrected chi connectivity index (χ1v) is 10.9. The molecule has 0 heterocycles. The summed E-state index contributed by atoms with van der Waals surface area (Å²) < 4.78 is 0. The van der Waals surface area contributed by atoms with Crippen LogP contribution in [0.2, 0.25) is 0 Å². The van der Waals surface area contributed by atoms with E-state index in [2.05, 4.69) is 6.92 Å². The molecule has 4 heteroatoms. The Bertz CT molecular complexity index is 292. The second-order valence-electron chi connectivity index (χ2n) is 7.97. The van der Waals surface area contributed by atoms with Crippen molar-refractivity contribution in [3.8, 4) is 0 Å². The van der Waals surface area contributed by atoms with E-state index < -0.39 is 5.79 Å². The lowest BCUT2D eigenvalue weighted by Gasteiger charge is -2.35.